The minimum Gasteiger partial charge on any atom is -0.465 e. The number of halogens is 2. The number of nitrogens with zero attached hydrogens (tertiary/aromatic N) is 2. The van der Waals surface area contributed by atoms with Crippen molar-refractivity contribution in [2.24, 2.45) is 0 Å². The number of nitrogens with one attached hydrogen (secondary N) is 2. The van der Waals surface area contributed by atoms with Crippen molar-refractivity contribution in [2.75, 3.05) is 19.0 Å². The van der Waals surface area contributed by atoms with Crippen molar-refractivity contribution in [3.63, 3.8) is 0 Å². The smallest absolute Gasteiger partial charge is 0.337 e. The Bertz CT molecular complexity index is 1120. The highest BCUT2D eigenvalue weighted by atomic mass is 19.1. The Morgan fingerprint density at radius 1 is 1.23 bits per heavy atom. The number of H-pyrrole nitrogens is 1. The molecule has 9 heteroatoms. The van der Waals surface area contributed by atoms with Crippen LogP contribution in [0.25, 0.3) is 0 Å². The van der Waals surface area contributed by atoms with Gasteiger partial charge >= 0.3 is 12.0 Å². The number of esters is 1. The van der Waals surface area contributed by atoms with Crippen LogP contribution in [0.3, 0.4) is 0 Å². The van der Waals surface area contributed by atoms with Gasteiger partial charge < -0.3 is 19.9 Å². The van der Waals surface area contributed by atoms with Gasteiger partial charge in [-0.25, -0.2) is 23.4 Å². The van der Waals surface area contributed by atoms with Crippen molar-refractivity contribution in [1.82, 2.24) is 14.9 Å². The third kappa shape index (κ3) is 3.61. The van der Waals surface area contributed by atoms with E-state index < -0.39 is 29.7 Å². The maximum Gasteiger partial charge on any atom is 0.337 e. The summed E-state index contributed by atoms with van der Waals surface area (Å²) in [6.07, 6.45) is 1.95. The normalized spacial score (nSPS) is 15.4. The first-order valence-electron chi connectivity index (χ1n) is 9.21. The van der Waals surface area contributed by atoms with Gasteiger partial charge in [-0.2, -0.15) is 0 Å². The van der Waals surface area contributed by atoms with Gasteiger partial charge in [0.25, 0.3) is 0 Å². The molecule has 2 heterocycles. The molecule has 1 aliphatic heterocycles. The van der Waals surface area contributed by atoms with E-state index in [4.69, 9.17) is 4.74 Å². The highest BCUT2D eigenvalue weighted by Gasteiger charge is 2.36. The Balaban J connectivity index is 1.68. The van der Waals surface area contributed by atoms with Crippen molar-refractivity contribution in [1.29, 1.82) is 0 Å². The molecule has 7 nitrogen and oxygen atoms in total. The van der Waals surface area contributed by atoms with E-state index in [1.54, 1.807) is 18.2 Å². The van der Waals surface area contributed by atoms with Gasteiger partial charge in [-0.05, 0) is 36.4 Å². The van der Waals surface area contributed by atoms with Gasteiger partial charge in [0.15, 0.2) is 0 Å². The van der Waals surface area contributed by atoms with E-state index in [-0.39, 0.29) is 17.7 Å². The number of methoxy groups -OCH3 is 1. The van der Waals surface area contributed by atoms with Crippen LogP contribution in [0.2, 0.25) is 0 Å². The maximum atomic E-state index is 14.6. The fourth-order valence-electron chi connectivity index (χ4n) is 3.57. The van der Waals surface area contributed by atoms with Crippen LogP contribution in [0.5, 0.6) is 0 Å². The number of aromatic nitrogens is 2. The summed E-state index contributed by atoms with van der Waals surface area (Å²) >= 11 is 0. The summed E-state index contributed by atoms with van der Waals surface area (Å²) in [6.45, 7) is 0.262. The van der Waals surface area contributed by atoms with E-state index in [9.17, 15) is 18.4 Å². The zero-order valence-corrected chi connectivity index (χ0v) is 16.0. The lowest BCUT2D eigenvalue weighted by Crippen LogP contribution is -2.43. The summed E-state index contributed by atoms with van der Waals surface area (Å²) in [4.78, 5) is 33.4. The fraction of sp³-hybridized carbons (Fsp3) is 0.190. The number of aromatic amines is 1. The first-order valence-corrected chi connectivity index (χ1v) is 9.21. The minimum atomic E-state index is -0.903. The number of carbonyl (C=O) groups is 2. The van der Waals surface area contributed by atoms with Gasteiger partial charge in [0.05, 0.1) is 24.7 Å². The predicted molar refractivity (Wildman–Crippen MR) is 104 cm³/mol. The fourth-order valence-corrected chi connectivity index (χ4v) is 3.57. The number of imidazole rings is 1. The molecule has 0 aliphatic carbocycles. The molecule has 0 fully saturated rings. The monoisotopic (exact) mass is 412 g/mol. The van der Waals surface area contributed by atoms with E-state index in [0.29, 0.717) is 17.8 Å². The molecule has 1 unspecified atom stereocenters. The first kappa shape index (κ1) is 19.6. The van der Waals surface area contributed by atoms with Crippen molar-refractivity contribution in [3.8, 4) is 0 Å². The van der Waals surface area contributed by atoms with Gasteiger partial charge in [0.1, 0.15) is 17.7 Å². The summed E-state index contributed by atoms with van der Waals surface area (Å²) < 4.78 is 33.2. The maximum absolute atomic E-state index is 14.6. The molecule has 3 aromatic rings. The van der Waals surface area contributed by atoms with Gasteiger partial charge in [0.2, 0.25) is 0 Å². The molecule has 0 saturated heterocycles. The molecule has 0 saturated carbocycles. The number of ether oxygens (including phenoxy) is 1. The van der Waals surface area contributed by atoms with Crippen LogP contribution in [0.15, 0.2) is 48.8 Å². The molecule has 2 N–H and O–H groups in total. The van der Waals surface area contributed by atoms with Crippen LogP contribution in [-0.4, -0.2) is 40.5 Å². The van der Waals surface area contributed by atoms with Crippen molar-refractivity contribution >= 4 is 17.7 Å². The second-order valence-corrected chi connectivity index (χ2v) is 6.78. The molecular formula is C21H18F2N4O3. The largest absolute Gasteiger partial charge is 0.465 e. The Labute approximate surface area is 170 Å². The number of rotatable bonds is 3. The standard InChI is InChI=1S/C21H18F2N4O3/c1-30-20(28)12-3-2-4-14(9-12)26-21(29)27-8-7-17-18(25-11-24-17)19(27)15-10-13(22)5-6-16(15)23/h2-6,9-11,19H,7-8H2,1H3,(H,24,25)(H,26,29). The molecular weight excluding hydrogens is 394 g/mol. The van der Waals surface area contributed by atoms with Crippen LogP contribution >= 0.6 is 0 Å². The van der Waals surface area contributed by atoms with E-state index in [1.807, 2.05) is 0 Å². The Morgan fingerprint density at radius 2 is 2.07 bits per heavy atom. The quantitative estimate of drug-likeness (QED) is 0.643. The molecule has 1 aromatic heterocycles. The van der Waals surface area contributed by atoms with Gasteiger partial charge in [-0.3, -0.25) is 0 Å². The zero-order valence-electron chi connectivity index (χ0n) is 16.0. The van der Waals surface area contributed by atoms with Gasteiger partial charge in [-0.1, -0.05) is 6.07 Å². The second kappa shape index (κ2) is 7.94. The second-order valence-electron chi connectivity index (χ2n) is 6.78. The molecule has 4 rings (SSSR count). The topological polar surface area (TPSA) is 87.3 Å². The van der Waals surface area contributed by atoms with Gasteiger partial charge in [-0.15, -0.1) is 0 Å². The number of anilines is 1. The molecule has 1 atom stereocenters. The lowest BCUT2D eigenvalue weighted by Gasteiger charge is -2.35. The molecule has 0 bridgehead atoms. The first-order chi connectivity index (χ1) is 14.5. The Morgan fingerprint density at radius 3 is 2.87 bits per heavy atom. The van der Waals surface area contributed by atoms with Gasteiger partial charge in [0, 0.05) is 29.9 Å². The Kier molecular flexibility index (Phi) is 5.18. The van der Waals surface area contributed by atoms with Crippen molar-refractivity contribution in [2.45, 2.75) is 12.5 Å². The summed E-state index contributed by atoms with van der Waals surface area (Å²) in [5, 5.41) is 2.71. The minimum absolute atomic E-state index is 0.0153. The summed E-state index contributed by atoms with van der Waals surface area (Å²) in [7, 11) is 1.26. The average molecular weight is 412 g/mol. The molecule has 154 valence electrons. The van der Waals surface area contributed by atoms with Crippen molar-refractivity contribution in [3.05, 3.63) is 82.9 Å². The number of urea groups is 1. The SMILES string of the molecule is COC(=O)c1cccc(NC(=O)N2CCc3[nH]cnc3C2c2cc(F)ccc2F)c1. The third-order valence-electron chi connectivity index (χ3n) is 4.97. The molecule has 30 heavy (non-hydrogen) atoms. The van der Waals surface area contributed by atoms with E-state index >= 15 is 0 Å². The molecule has 2 aromatic carbocycles. The third-order valence-corrected chi connectivity index (χ3v) is 4.97. The summed E-state index contributed by atoms with van der Waals surface area (Å²) in [6, 6.07) is 7.95. The zero-order chi connectivity index (χ0) is 21.3. The molecule has 0 radical (unpaired) electrons. The number of carbonyl (C=O) groups excluding carboxylic acids is 2. The van der Waals surface area contributed by atoms with E-state index in [1.165, 1.54) is 24.4 Å². The Hall–Kier alpha value is -3.75. The van der Waals surface area contributed by atoms with Crippen molar-refractivity contribution < 1.29 is 23.1 Å². The molecule has 2 amide bonds. The highest BCUT2D eigenvalue weighted by molar-refractivity contribution is 5.94. The van der Waals surface area contributed by atoms with Crippen LogP contribution in [0.4, 0.5) is 19.3 Å². The number of hydrogen-bond acceptors (Lipinski definition) is 4. The lowest BCUT2D eigenvalue weighted by molar-refractivity contribution is 0.0600. The van der Waals surface area contributed by atoms with Crippen LogP contribution < -0.4 is 5.32 Å². The highest BCUT2D eigenvalue weighted by Crippen LogP contribution is 2.35. The van der Waals surface area contributed by atoms with E-state index in [0.717, 1.165) is 23.9 Å². The van der Waals surface area contributed by atoms with Crippen LogP contribution in [0, 0.1) is 11.6 Å². The van der Waals surface area contributed by atoms with Crippen LogP contribution in [-0.2, 0) is 11.2 Å². The number of benzene rings is 2. The van der Waals surface area contributed by atoms with E-state index in [2.05, 4.69) is 15.3 Å². The van der Waals surface area contributed by atoms with Crippen LogP contribution in [0.1, 0.15) is 33.4 Å². The molecule has 1 aliphatic rings. The molecule has 0 spiro atoms. The number of hydrogen-bond donors (Lipinski definition) is 2. The predicted octanol–water partition coefficient (Wildman–Crippen LogP) is 3.65. The number of amides is 2. The number of fused-ring (bicyclic) bond motifs is 1. The average Bonchev–Trinajstić information content (AvgIpc) is 3.23. The summed E-state index contributed by atoms with van der Waals surface area (Å²) in [5.41, 5.74) is 1.89. The lowest BCUT2D eigenvalue weighted by atomic mass is 9.95. The summed E-state index contributed by atoms with van der Waals surface area (Å²) in [5.74, 6) is -1.78.